The Kier molecular flexibility index (Phi) is 7.11. The van der Waals surface area contributed by atoms with Gasteiger partial charge in [0.2, 0.25) is 0 Å². The second-order valence-electron chi connectivity index (χ2n) is 8.34. The molecule has 2 saturated heterocycles. The molecule has 1 unspecified atom stereocenters. The summed E-state index contributed by atoms with van der Waals surface area (Å²) < 4.78 is 5.39. The Labute approximate surface area is 157 Å². The number of piperazine rings is 1. The third kappa shape index (κ3) is 6.32. The zero-order valence-electron chi connectivity index (χ0n) is 17.2. The average molecular weight is 369 g/mol. The number of nitrogens with one attached hydrogen (secondary N) is 2. The van der Waals surface area contributed by atoms with Gasteiger partial charge in [0.05, 0.1) is 12.6 Å². The van der Waals surface area contributed by atoms with Gasteiger partial charge in [-0.15, -0.1) is 0 Å². The summed E-state index contributed by atoms with van der Waals surface area (Å²) in [6, 6.07) is 0.649. The molecule has 1 atom stereocenters. The molecule has 2 aliphatic rings. The first-order valence-corrected chi connectivity index (χ1v) is 9.59. The molecular formula is C18H36N6O2. The lowest BCUT2D eigenvalue weighted by Crippen LogP contribution is -2.63. The minimum absolute atomic E-state index is 0.215. The van der Waals surface area contributed by atoms with Crippen LogP contribution in [0, 0.1) is 0 Å². The van der Waals surface area contributed by atoms with Crippen molar-refractivity contribution < 1.29 is 9.53 Å². The first-order valence-electron chi connectivity index (χ1n) is 9.59. The highest BCUT2D eigenvalue weighted by molar-refractivity contribution is 5.80. The molecule has 2 N–H and O–H groups in total. The van der Waals surface area contributed by atoms with E-state index in [-0.39, 0.29) is 12.1 Å². The van der Waals surface area contributed by atoms with E-state index in [1.165, 1.54) is 0 Å². The summed E-state index contributed by atoms with van der Waals surface area (Å²) in [6.45, 7) is 13.8. The molecule has 0 bridgehead atoms. The number of likely N-dealkylation sites (tertiary alicyclic amines) is 1. The molecular weight excluding hydrogens is 332 g/mol. The Morgan fingerprint density at radius 3 is 2.50 bits per heavy atom. The summed E-state index contributed by atoms with van der Waals surface area (Å²) in [7, 11) is 4.32. The number of aliphatic imine (C=N–C) groups is 1. The predicted octanol–water partition coefficient (Wildman–Crippen LogP) is 0.407. The molecule has 0 radical (unpaired) electrons. The van der Waals surface area contributed by atoms with Gasteiger partial charge in [-0.1, -0.05) is 0 Å². The maximum Gasteiger partial charge on any atom is 0.410 e. The monoisotopic (exact) mass is 368 g/mol. The van der Waals surface area contributed by atoms with Gasteiger partial charge in [0, 0.05) is 45.3 Å². The largest absolute Gasteiger partial charge is 0.444 e. The van der Waals surface area contributed by atoms with Crippen LogP contribution in [0.15, 0.2) is 4.99 Å². The fraction of sp³-hybridized carbons (Fsp3) is 0.889. The second-order valence-corrected chi connectivity index (χ2v) is 8.34. The predicted molar refractivity (Wildman–Crippen MR) is 105 cm³/mol. The average Bonchev–Trinajstić information content (AvgIpc) is 2.49. The lowest BCUT2D eigenvalue weighted by Gasteiger charge is -2.40. The summed E-state index contributed by atoms with van der Waals surface area (Å²) in [5.74, 6) is 0.822. The van der Waals surface area contributed by atoms with Gasteiger partial charge in [-0.25, -0.2) is 4.79 Å². The summed E-state index contributed by atoms with van der Waals surface area (Å²) in [5, 5.41) is 6.73. The van der Waals surface area contributed by atoms with E-state index in [1.807, 2.05) is 20.8 Å². The van der Waals surface area contributed by atoms with Gasteiger partial charge in [-0.05, 0) is 41.8 Å². The molecule has 150 valence electrons. The zero-order valence-corrected chi connectivity index (χ0v) is 17.2. The number of hydrogen-bond acceptors (Lipinski definition) is 5. The Hall–Kier alpha value is -1.54. The number of hydrogen-bond donors (Lipinski definition) is 2. The van der Waals surface area contributed by atoms with Crippen molar-refractivity contribution in [1.29, 1.82) is 0 Å². The molecule has 0 aromatic carbocycles. The van der Waals surface area contributed by atoms with Crippen LogP contribution in [0.25, 0.3) is 0 Å². The summed E-state index contributed by atoms with van der Waals surface area (Å²) in [6.07, 6.45) is -0.246. The van der Waals surface area contributed by atoms with E-state index in [4.69, 9.17) is 9.73 Å². The van der Waals surface area contributed by atoms with Gasteiger partial charge < -0.3 is 25.2 Å². The standard InChI is InChI=1S/C18H36N6O2/c1-7-19-16(20-10-15-13-22(5)8-9-23(15)6)21-14-11-24(12-14)17(25)26-18(2,3)4/h14-15H,7-13H2,1-6H3,(H2,19,20,21). The Bertz CT molecular complexity index is 498. The highest BCUT2D eigenvalue weighted by atomic mass is 16.6. The summed E-state index contributed by atoms with van der Waals surface area (Å²) in [5.41, 5.74) is -0.453. The number of nitrogens with zero attached hydrogens (tertiary/aromatic N) is 4. The molecule has 1 amide bonds. The quantitative estimate of drug-likeness (QED) is 0.553. The number of carbonyl (C=O) groups is 1. The maximum atomic E-state index is 12.0. The molecule has 0 spiro atoms. The first-order chi connectivity index (χ1) is 12.2. The fourth-order valence-corrected chi connectivity index (χ4v) is 3.05. The molecule has 0 aromatic heterocycles. The number of ether oxygens (including phenoxy) is 1. The fourth-order valence-electron chi connectivity index (χ4n) is 3.05. The minimum atomic E-state index is -0.453. The molecule has 2 fully saturated rings. The van der Waals surface area contributed by atoms with E-state index in [2.05, 4.69) is 41.5 Å². The normalized spacial score (nSPS) is 23.5. The van der Waals surface area contributed by atoms with E-state index >= 15 is 0 Å². The van der Waals surface area contributed by atoms with E-state index in [1.54, 1.807) is 4.90 Å². The lowest BCUT2D eigenvalue weighted by atomic mass is 10.1. The number of guanidine groups is 1. The molecule has 8 nitrogen and oxygen atoms in total. The van der Waals surface area contributed by atoms with Crippen molar-refractivity contribution in [3.63, 3.8) is 0 Å². The second kappa shape index (κ2) is 8.90. The smallest absolute Gasteiger partial charge is 0.410 e. The number of rotatable bonds is 4. The topological polar surface area (TPSA) is 72.4 Å². The lowest BCUT2D eigenvalue weighted by molar-refractivity contribution is 0.00700. The number of amides is 1. The summed E-state index contributed by atoms with van der Waals surface area (Å²) >= 11 is 0. The van der Waals surface area contributed by atoms with Gasteiger partial charge >= 0.3 is 6.09 Å². The first kappa shape index (κ1) is 20.8. The van der Waals surface area contributed by atoms with E-state index in [0.717, 1.165) is 38.7 Å². The van der Waals surface area contributed by atoms with Crippen molar-refractivity contribution in [1.82, 2.24) is 25.3 Å². The molecule has 0 saturated carbocycles. The van der Waals surface area contributed by atoms with Crippen LogP contribution in [0.4, 0.5) is 4.79 Å². The van der Waals surface area contributed by atoms with Gasteiger partial charge in [0.1, 0.15) is 5.60 Å². The van der Waals surface area contributed by atoms with Crippen LogP contribution in [-0.4, -0.2) is 104 Å². The van der Waals surface area contributed by atoms with Gasteiger partial charge in [0.25, 0.3) is 0 Å². The molecule has 2 aliphatic heterocycles. The van der Waals surface area contributed by atoms with Crippen LogP contribution in [-0.2, 0) is 4.74 Å². The Morgan fingerprint density at radius 2 is 1.88 bits per heavy atom. The Morgan fingerprint density at radius 1 is 1.19 bits per heavy atom. The van der Waals surface area contributed by atoms with Crippen molar-refractivity contribution in [3.05, 3.63) is 0 Å². The number of carbonyl (C=O) groups excluding carboxylic acids is 1. The van der Waals surface area contributed by atoms with E-state index in [9.17, 15) is 4.79 Å². The molecule has 26 heavy (non-hydrogen) atoms. The zero-order chi connectivity index (χ0) is 19.3. The minimum Gasteiger partial charge on any atom is -0.444 e. The third-order valence-corrected chi connectivity index (χ3v) is 4.66. The molecule has 0 aromatic rings. The maximum absolute atomic E-state index is 12.0. The molecule has 2 heterocycles. The van der Waals surface area contributed by atoms with Crippen LogP contribution in [0.2, 0.25) is 0 Å². The van der Waals surface area contributed by atoms with Crippen molar-refractivity contribution >= 4 is 12.1 Å². The van der Waals surface area contributed by atoms with Crippen molar-refractivity contribution in [2.75, 3.05) is 59.9 Å². The molecule has 8 heteroatoms. The SMILES string of the molecule is CCNC(=NCC1CN(C)CCN1C)NC1CN(C(=O)OC(C)(C)C)C1. The van der Waals surface area contributed by atoms with Crippen LogP contribution in [0.3, 0.4) is 0 Å². The molecule has 0 aliphatic carbocycles. The van der Waals surface area contributed by atoms with Crippen molar-refractivity contribution in [2.45, 2.75) is 45.4 Å². The van der Waals surface area contributed by atoms with Crippen LogP contribution < -0.4 is 10.6 Å². The van der Waals surface area contributed by atoms with Crippen LogP contribution in [0.5, 0.6) is 0 Å². The van der Waals surface area contributed by atoms with E-state index in [0.29, 0.717) is 19.1 Å². The molecule has 2 rings (SSSR count). The van der Waals surface area contributed by atoms with Gasteiger partial charge in [-0.2, -0.15) is 0 Å². The highest BCUT2D eigenvalue weighted by Crippen LogP contribution is 2.15. The third-order valence-electron chi connectivity index (χ3n) is 4.66. The van der Waals surface area contributed by atoms with Gasteiger partial charge in [-0.3, -0.25) is 9.89 Å². The van der Waals surface area contributed by atoms with E-state index < -0.39 is 5.60 Å². The van der Waals surface area contributed by atoms with Crippen LogP contribution in [0.1, 0.15) is 27.7 Å². The summed E-state index contributed by atoms with van der Waals surface area (Å²) in [4.78, 5) is 23.2. The Balaban J connectivity index is 1.80. The van der Waals surface area contributed by atoms with Crippen molar-refractivity contribution in [3.8, 4) is 0 Å². The van der Waals surface area contributed by atoms with Gasteiger partial charge in [0.15, 0.2) is 5.96 Å². The van der Waals surface area contributed by atoms with Crippen LogP contribution >= 0.6 is 0 Å². The highest BCUT2D eigenvalue weighted by Gasteiger charge is 2.34. The number of likely N-dealkylation sites (N-methyl/N-ethyl adjacent to an activating group) is 2. The van der Waals surface area contributed by atoms with Crippen molar-refractivity contribution in [2.24, 2.45) is 4.99 Å².